The van der Waals surface area contributed by atoms with Crippen molar-refractivity contribution in [1.82, 2.24) is 4.90 Å². The summed E-state index contributed by atoms with van der Waals surface area (Å²) in [6.45, 7) is -0.0336. The van der Waals surface area contributed by atoms with Crippen molar-refractivity contribution in [2.45, 2.75) is 28.3 Å². The van der Waals surface area contributed by atoms with Gasteiger partial charge in [-0.1, -0.05) is 0 Å². The summed E-state index contributed by atoms with van der Waals surface area (Å²) in [7, 11) is 3.22. The van der Waals surface area contributed by atoms with Crippen LogP contribution in [0.4, 0.5) is 5.69 Å². The monoisotopic (exact) mass is 568 g/mol. The van der Waals surface area contributed by atoms with Crippen LogP contribution in [-0.4, -0.2) is 61.9 Å². The van der Waals surface area contributed by atoms with Crippen LogP contribution in [0, 0.1) is 10.1 Å². The summed E-state index contributed by atoms with van der Waals surface area (Å²) >= 11 is -0.403. The molecule has 2 saturated heterocycles. The first-order chi connectivity index (χ1) is 17.9. The van der Waals surface area contributed by atoms with Crippen LogP contribution in [0.2, 0.25) is 0 Å². The van der Waals surface area contributed by atoms with Crippen LogP contribution in [0.1, 0.15) is 23.1 Å². The fourth-order valence-corrected chi connectivity index (χ4v) is 8.60. The number of methoxy groups -OCH3 is 2. The van der Waals surface area contributed by atoms with E-state index < -0.39 is 35.1 Å². The number of benzene rings is 3. The van der Waals surface area contributed by atoms with Gasteiger partial charge in [0, 0.05) is 0 Å². The van der Waals surface area contributed by atoms with Gasteiger partial charge in [-0.05, 0) is 0 Å². The molecule has 2 aliphatic rings. The van der Waals surface area contributed by atoms with Gasteiger partial charge in [-0.25, -0.2) is 0 Å². The second-order valence-corrected chi connectivity index (χ2v) is 11.5. The van der Waals surface area contributed by atoms with Gasteiger partial charge in [0.2, 0.25) is 0 Å². The van der Waals surface area contributed by atoms with Crippen molar-refractivity contribution in [2.24, 2.45) is 0 Å². The molecule has 0 saturated carbocycles. The Morgan fingerprint density at radius 1 is 0.973 bits per heavy atom. The quantitative estimate of drug-likeness (QED) is 0.135. The predicted molar refractivity (Wildman–Crippen MR) is 134 cm³/mol. The number of esters is 1. The number of hydrogen-bond donors (Lipinski definition) is 0. The average Bonchev–Trinajstić information content (AvgIpc) is 3.22. The number of nitrogens with zero attached hydrogens (tertiary/aromatic N) is 2. The average molecular weight is 567 g/mol. The number of carbonyl (C=O) groups is 2. The molecule has 3 aromatic carbocycles. The van der Waals surface area contributed by atoms with Gasteiger partial charge in [0.05, 0.1) is 0 Å². The molecule has 0 N–H and O–H groups in total. The topological polar surface area (TPSA) is 108 Å². The molecule has 0 unspecified atom stereocenters. The number of nitro groups is 1. The molecule has 9 nitrogen and oxygen atoms in total. The fraction of sp³-hybridized carbons (Fsp3) is 0.259. The molecule has 0 aliphatic carbocycles. The molecule has 2 aliphatic heterocycles. The number of fused-ring (bicyclic) bond motifs is 1. The molecule has 2 fully saturated rings. The predicted octanol–water partition coefficient (Wildman–Crippen LogP) is 3.24. The van der Waals surface area contributed by atoms with E-state index in [9.17, 15) is 19.7 Å². The van der Waals surface area contributed by atoms with E-state index in [1.54, 1.807) is 31.3 Å². The number of rotatable bonds is 8. The van der Waals surface area contributed by atoms with E-state index in [4.69, 9.17) is 14.2 Å². The standard InChI is InChI=1S/C27H24N2O7Se/c1-34-21-11-5-18(6-12-21)27(19-7-13-22(35-2)14-8-19)23-15-24(30)28(23)25(37-27)26(31)36-16-17-3-9-20(10-4-17)29(32)33/h3-14,23,25H,15-16H2,1-2H3/t23-,25+/m1/s1. The van der Waals surface area contributed by atoms with Gasteiger partial charge in [-0.2, -0.15) is 0 Å². The van der Waals surface area contributed by atoms with E-state index in [2.05, 4.69) is 0 Å². The number of carbonyl (C=O) groups excluding carboxylic acids is 2. The fourth-order valence-electron chi connectivity index (χ4n) is 4.84. The van der Waals surface area contributed by atoms with E-state index in [1.807, 2.05) is 48.5 Å². The molecule has 10 heteroatoms. The first-order valence-corrected chi connectivity index (χ1v) is 13.4. The maximum atomic E-state index is 13.3. The zero-order chi connectivity index (χ0) is 26.2. The Morgan fingerprint density at radius 2 is 1.51 bits per heavy atom. The third-order valence-corrected chi connectivity index (χ3v) is 10.5. The molecular weight excluding hydrogens is 543 g/mol. The van der Waals surface area contributed by atoms with E-state index in [0.29, 0.717) is 12.0 Å². The van der Waals surface area contributed by atoms with Crippen LogP contribution in [0.15, 0.2) is 72.8 Å². The normalized spacial score (nSPS) is 19.5. The SMILES string of the molecule is COc1ccc(C2(c3ccc(OC)cc3)[Se][C@@H](C(=O)OCc3ccc([N+](=O)[O-])cc3)N3C(=O)C[C@@H]32)cc1. The van der Waals surface area contributed by atoms with Gasteiger partial charge in [0.1, 0.15) is 0 Å². The van der Waals surface area contributed by atoms with E-state index in [1.165, 1.54) is 12.1 Å². The zero-order valence-corrected chi connectivity index (χ0v) is 21.9. The molecule has 190 valence electrons. The second kappa shape index (κ2) is 9.88. The number of nitro benzene ring substituents is 1. The molecule has 0 spiro atoms. The van der Waals surface area contributed by atoms with Gasteiger partial charge >= 0.3 is 220 Å². The summed E-state index contributed by atoms with van der Waals surface area (Å²) < 4.78 is 15.8. The summed E-state index contributed by atoms with van der Waals surface area (Å²) in [6, 6.07) is 21.2. The van der Waals surface area contributed by atoms with Gasteiger partial charge in [0.25, 0.3) is 0 Å². The molecule has 5 rings (SSSR count). The van der Waals surface area contributed by atoms with E-state index in [-0.39, 0.29) is 24.2 Å². The van der Waals surface area contributed by atoms with Crippen molar-refractivity contribution in [2.75, 3.05) is 14.2 Å². The minimum atomic E-state index is -0.694. The number of hydrogen-bond acceptors (Lipinski definition) is 7. The van der Waals surface area contributed by atoms with Crippen molar-refractivity contribution in [3.05, 3.63) is 99.6 Å². The molecule has 0 bridgehead atoms. The molecule has 0 radical (unpaired) electrons. The van der Waals surface area contributed by atoms with Gasteiger partial charge in [-0.15, -0.1) is 0 Å². The third kappa shape index (κ3) is 4.32. The molecule has 2 atom stereocenters. The second-order valence-electron chi connectivity index (χ2n) is 8.72. The Labute approximate surface area is 219 Å². The minimum absolute atomic E-state index is 0.0336. The summed E-state index contributed by atoms with van der Waals surface area (Å²) in [5.41, 5.74) is 2.61. The number of non-ortho nitro benzene ring substituents is 1. The maximum absolute atomic E-state index is 13.3. The van der Waals surface area contributed by atoms with Crippen LogP contribution >= 0.6 is 0 Å². The van der Waals surface area contributed by atoms with Gasteiger partial charge in [-0.3, -0.25) is 0 Å². The Hall–Kier alpha value is -3.88. The van der Waals surface area contributed by atoms with Crippen LogP contribution in [-0.2, 0) is 25.2 Å². The summed E-state index contributed by atoms with van der Waals surface area (Å²) in [4.78, 5) is 37.5. The molecule has 2 heterocycles. The molecule has 37 heavy (non-hydrogen) atoms. The molecule has 0 aromatic heterocycles. The number of amides is 1. The van der Waals surface area contributed by atoms with Crippen molar-refractivity contribution >= 4 is 32.5 Å². The Bertz CT molecular complexity index is 1280. The van der Waals surface area contributed by atoms with Crippen molar-refractivity contribution in [3.8, 4) is 11.5 Å². The third-order valence-electron chi connectivity index (χ3n) is 6.78. The van der Waals surface area contributed by atoms with E-state index >= 15 is 0 Å². The Kier molecular flexibility index (Phi) is 6.62. The van der Waals surface area contributed by atoms with Crippen molar-refractivity contribution in [1.29, 1.82) is 0 Å². The van der Waals surface area contributed by atoms with Crippen molar-refractivity contribution < 1.29 is 28.7 Å². The Balaban J connectivity index is 1.46. The van der Waals surface area contributed by atoms with Crippen molar-refractivity contribution in [3.63, 3.8) is 0 Å². The summed E-state index contributed by atoms with van der Waals surface area (Å²) in [6.07, 6.45) is 0.339. The number of ether oxygens (including phenoxy) is 3. The number of β-lactam (4-membered cyclic amide) rings is 1. The van der Waals surface area contributed by atoms with E-state index in [0.717, 1.165) is 22.6 Å². The summed E-state index contributed by atoms with van der Waals surface area (Å²) in [5, 5.41) is 10.9. The first-order valence-electron chi connectivity index (χ1n) is 11.6. The summed E-state index contributed by atoms with van der Waals surface area (Å²) in [5.74, 6) is 0.896. The first kappa shape index (κ1) is 24.8. The van der Waals surface area contributed by atoms with Crippen LogP contribution < -0.4 is 9.47 Å². The van der Waals surface area contributed by atoms with Crippen LogP contribution in [0.3, 0.4) is 0 Å². The molecular formula is C27H24N2O7Se. The van der Waals surface area contributed by atoms with Crippen LogP contribution in [0.5, 0.6) is 11.5 Å². The zero-order valence-electron chi connectivity index (χ0n) is 20.2. The molecule has 1 amide bonds. The van der Waals surface area contributed by atoms with Gasteiger partial charge < -0.3 is 0 Å². The van der Waals surface area contributed by atoms with Gasteiger partial charge in [0.15, 0.2) is 0 Å². The Morgan fingerprint density at radius 3 is 1.97 bits per heavy atom. The van der Waals surface area contributed by atoms with Crippen LogP contribution in [0.25, 0.3) is 0 Å². The molecule has 3 aromatic rings.